The van der Waals surface area contributed by atoms with E-state index in [1.807, 2.05) is 0 Å². The van der Waals surface area contributed by atoms with Crippen molar-refractivity contribution in [2.24, 2.45) is 0 Å². The number of ether oxygens (including phenoxy) is 2. The van der Waals surface area contributed by atoms with Gasteiger partial charge in [-0.3, -0.25) is 0 Å². The van der Waals surface area contributed by atoms with Crippen molar-refractivity contribution < 1.29 is 9.47 Å². The van der Waals surface area contributed by atoms with Gasteiger partial charge < -0.3 is 19.7 Å². The maximum absolute atomic E-state index is 6.26. The van der Waals surface area contributed by atoms with Crippen LogP contribution in [0.3, 0.4) is 0 Å². The number of nitrogens with one attached hydrogen (secondary N) is 1. The van der Waals surface area contributed by atoms with E-state index in [-0.39, 0.29) is 12.2 Å². The van der Waals surface area contributed by atoms with Crippen LogP contribution >= 0.6 is 0 Å². The van der Waals surface area contributed by atoms with E-state index < -0.39 is 0 Å². The van der Waals surface area contributed by atoms with Gasteiger partial charge in [0.05, 0.1) is 11.8 Å². The second kappa shape index (κ2) is 4.69. The normalized spacial score (nSPS) is 33.5. The summed E-state index contributed by atoms with van der Waals surface area (Å²) in [5.41, 5.74) is 1.25. The Morgan fingerprint density at radius 3 is 2.95 bits per heavy atom. The average Bonchev–Trinajstić information content (AvgIpc) is 2.53. The molecule has 19 heavy (non-hydrogen) atoms. The van der Waals surface area contributed by atoms with E-state index in [9.17, 15) is 0 Å². The fourth-order valence-corrected chi connectivity index (χ4v) is 3.34. The summed E-state index contributed by atoms with van der Waals surface area (Å²) in [4.78, 5) is 2.50. The molecule has 1 aromatic carbocycles. The second-order valence-corrected chi connectivity index (χ2v) is 5.61. The monoisotopic (exact) mass is 260 g/mol. The molecule has 0 bridgehead atoms. The molecule has 0 amide bonds. The molecule has 1 aromatic rings. The molecule has 2 fully saturated rings. The molecular weight excluding hydrogens is 240 g/mol. The zero-order valence-corrected chi connectivity index (χ0v) is 11.0. The van der Waals surface area contributed by atoms with Gasteiger partial charge in [-0.25, -0.2) is 0 Å². The maximum Gasteiger partial charge on any atom is 0.143 e. The first-order valence-electron chi connectivity index (χ1n) is 7.26. The van der Waals surface area contributed by atoms with Crippen LogP contribution in [-0.4, -0.2) is 44.5 Å². The Labute approximate surface area is 113 Å². The minimum atomic E-state index is 0.199. The Hall–Kier alpha value is -1.26. The molecule has 4 heteroatoms. The molecule has 4 rings (SSSR count). The number of para-hydroxylation sites is 2. The van der Waals surface area contributed by atoms with E-state index in [0.29, 0.717) is 6.04 Å². The number of rotatable bonds is 1. The topological polar surface area (TPSA) is 33.7 Å². The van der Waals surface area contributed by atoms with Gasteiger partial charge in [0.2, 0.25) is 0 Å². The van der Waals surface area contributed by atoms with Crippen molar-refractivity contribution in [3.63, 3.8) is 0 Å². The van der Waals surface area contributed by atoms with Crippen LogP contribution in [0.25, 0.3) is 0 Å². The molecule has 2 saturated heterocycles. The predicted octanol–water partition coefficient (Wildman–Crippen LogP) is 1.40. The van der Waals surface area contributed by atoms with Crippen LogP contribution in [0, 0.1) is 0 Å². The Morgan fingerprint density at radius 1 is 1.21 bits per heavy atom. The Bertz CT molecular complexity index is 461. The Morgan fingerprint density at radius 2 is 2.11 bits per heavy atom. The SMILES string of the molecule is c1ccc2c(c1)OC(C1CCO1)CC1CNCCN21. The molecule has 0 spiro atoms. The van der Waals surface area contributed by atoms with Gasteiger partial charge in [-0.05, 0) is 12.1 Å². The molecule has 0 saturated carbocycles. The number of hydrogen-bond acceptors (Lipinski definition) is 4. The number of nitrogens with zero attached hydrogens (tertiary/aromatic N) is 1. The van der Waals surface area contributed by atoms with Crippen molar-refractivity contribution in [2.75, 3.05) is 31.1 Å². The largest absolute Gasteiger partial charge is 0.485 e. The number of piperazine rings is 1. The van der Waals surface area contributed by atoms with Gasteiger partial charge in [0, 0.05) is 45.1 Å². The summed E-state index contributed by atoms with van der Waals surface area (Å²) < 4.78 is 11.9. The van der Waals surface area contributed by atoms with Crippen molar-refractivity contribution in [1.29, 1.82) is 0 Å². The van der Waals surface area contributed by atoms with E-state index >= 15 is 0 Å². The van der Waals surface area contributed by atoms with Crippen LogP contribution in [-0.2, 0) is 4.74 Å². The van der Waals surface area contributed by atoms with Gasteiger partial charge in [-0.1, -0.05) is 12.1 Å². The molecule has 3 atom stereocenters. The maximum atomic E-state index is 6.26. The molecule has 0 aliphatic carbocycles. The molecule has 3 heterocycles. The van der Waals surface area contributed by atoms with E-state index in [1.165, 1.54) is 5.69 Å². The van der Waals surface area contributed by atoms with E-state index in [4.69, 9.17) is 9.47 Å². The summed E-state index contributed by atoms with van der Waals surface area (Å²) in [5, 5.41) is 3.50. The van der Waals surface area contributed by atoms with Crippen molar-refractivity contribution >= 4 is 5.69 Å². The highest BCUT2D eigenvalue weighted by molar-refractivity contribution is 5.60. The van der Waals surface area contributed by atoms with Crippen LogP contribution < -0.4 is 15.0 Å². The lowest BCUT2D eigenvalue weighted by molar-refractivity contribution is -0.110. The summed E-state index contributed by atoms with van der Waals surface area (Å²) in [6.45, 7) is 4.04. The van der Waals surface area contributed by atoms with Crippen LogP contribution in [0.1, 0.15) is 12.8 Å². The fourth-order valence-electron chi connectivity index (χ4n) is 3.34. The molecule has 4 nitrogen and oxygen atoms in total. The molecule has 3 unspecified atom stereocenters. The van der Waals surface area contributed by atoms with Gasteiger partial charge in [0.1, 0.15) is 11.9 Å². The fraction of sp³-hybridized carbons (Fsp3) is 0.600. The molecule has 3 aliphatic rings. The average molecular weight is 260 g/mol. The molecule has 0 radical (unpaired) electrons. The predicted molar refractivity (Wildman–Crippen MR) is 73.8 cm³/mol. The van der Waals surface area contributed by atoms with Crippen molar-refractivity contribution in [3.8, 4) is 5.75 Å². The smallest absolute Gasteiger partial charge is 0.143 e. The number of hydrogen-bond donors (Lipinski definition) is 1. The third-order valence-corrected chi connectivity index (χ3v) is 4.46. The highest BCUT2D eigenvalue weighted by Crippen LogP contribution is 2.37. The lowest BCUT2D eigenvalue weighted by atomic mass is 9.98. The van der Waals surface area contributed by atoms with E-state index in [0.717, 1.165) is 44.8 Å². The lowest BCUT2D eigenvalue weighted by Gasteiger charge is -2.38. The zero-order valence-electron chi connectivity index (χ0n) is 11.0. The first-order chi connectivity index (χ1) is 9.42. The van der Waals surface area contributed by atoms with Gasteiger partial charge in [0.25, 0.3) is 0 Å². The highest BCUT2D eigenvalue weighted by atomic mass is 16.6. The van der Waals surface area contributed by atoms with Gasteiger partial charge in [-0.2, -0.15) is 0 Å². The standard InChI is InChI=1S/C15H20N2O2/c1-2-4-13-12(3-1)17-7-6-16-10-11(17)9-15(19-13)14-5-8-18-14/h1-4,11,14-16H,5-10H2. The number of fused-ring (bicyclic) bond motifs is 3. The van der Waals surface area contributed by atoms with Crippen LogP contribution in [0.5, 0.6) is 5.75 Å². The van der Waals surface area contributed by atoms with Gasteiger partial charge in [0.15, 0.2) is 0 Å². The lowest BCUT2D eigenvalue weighted by Crippen LogP contribution is -2.53. The molecular formula is C15H20N2O2. The first kappa shape index (κ1) is 11.6. The van der Waals surface area contributed by atoms with Crippen molar-refractivity contribution in [3.05, 3.63) is 24.3 Å². The summed E-state index contributed by atoms with van der Waals surface area (Å²) in [7, 11) is 0. The van der Waals surface area contributed by atoms with Crippen molar-refractivity contribution in [1.82, 2.24) is 5.32 Å². The minimum Gasteiger partial charge on any atom is -0.485 e. The number of benzene rings is 1. The summed E-state index contributed by atoms with van der Waals surface area (Å²) >= 11 is 0. The number of anilines is 1. The van der Waals surface area contributed by atoms with Crippen LogP contribution in [0.4, 0.5) is 5.69 Å². The first-order valence-corrected chi connectivity index (χ1v) is 7.26. The third kappa shape index (κ3) is 1.99. The Kier molecular flexibility index (Phi) is 2.85. The van der Waals surface area contributed by atoms with Crippen LogP contribution in [0.2, 0.25) is 0 Å². The van der Waals surface area contributed by atoms with Crippen molar-refractivity contribution in [2.45, 2.75) is 31.1 Å². The van der Waals surface area contributed by atoms with E-state index in [2.05, 4.69) is 34.5 Å². The van der Waals surface area contributed by atoms with Gasteiger partial charge in [-0.15, -0.1) is 0 Å². The van der Waals surface area contributed by atoms with Gasteiger partial charge >= 0.3 is 0 Å². The third-order valence-electron chi connectivity index (χ3n) is 4.46. The molecule has 0 aromatic heterocycles. The van der Waals surface area contributed by atoms with E-state index in [1.54, 1.807) is 0 Å². The van der Waals surface area contributed by atoms with Crippen LogP contribution in [0.15, 0.2) is 24.3 Å². The Balaban J connectivity index is 1.68. The molecule has 102 valence electrons. The minimum absolute atomic E-state index is 0.199. The highest BCUT2D eigenvalue weighted by Gasteiger charge is 2.38. The summed E-state index contributed by atoms with van der Waals surface area (Å²) in [5.74, 6) is 1.02. The second-order valence-electron chi connectivity index (χ2n) is 5.61. The summed E-state index contributed by atoms with van der Waals surface area (Å²) in [6.07, 6.45) is 2.67. The molecule has 1 N–H and O–H groups in total. The zero-order chi connectivity index (χ0) is 12.7. The summed E-state index contributed by atoms with van der Waals surface area (Å²) in [6, 6.07) is 8.94. The quantitative estimate of drug-likeness (QED) is 0.827. The molecule has 3 aliphatic heterocycles.